The lowest BCUT2D eigenvalue weighted by Gasteiger charge is -2.52. The van der Waals surface area contributed by atoms with E-state index in [9.17, 15) is 5.26 Å². The van der Waals surface area contributed by atoms with Gasteiger partial charge in [-0.2, -0.15) is 5.26 Å². The quantitative estimate of drug-likeness (QED) is 0.374. The molecule has 27 heavy (non-hydrogen) atoms. The van der Waals surface area contributed by atoms with Crippen molar-refractivity contribution in [1.82, 2.24) is 0 Å². The third kappa shape index (κ3) is 5.31. The number of fused-ring (bicyclic) bond motifs is 3. The van der Waals surface area contributed by atoms with E-state index >= 15 is 0 Å². The van der Waals surface area contributed by atoms with E-state index in [1.165, 1.54) is 109 Å². The van der Waals surface area contributed by atoms with Gasteiger partial charge in [0.05, 0.1) is 11.5 Å². The molecule has 0 bridgehead atoms. The van der Waals surface area contributed by atoms with Crippen LogP contribution < -0.4 is 0 Å². The molecule has 0 aromatic heterocycles. The number of hydrogen-bond donors (Lipinski definition) is 0. The molecule has 0 amide bonds. The SMILES string of the molecule is CCCCCCC1(C#N)CCC2C(CCC3CC(CCCCC)CCC32)C1. The lowest BCUT2D eigenvalue weighted by atomic mass is 9.52. The first-order valence-electron chi connectivity index (χ1n) is 12.6. The van der Waals surface area contributed by atoms with Crippen LogP contribution in [0.5, 0.6) is 0 Å². The van der Waals surface area contributed by atoms with Crippen molar-refractivity contribution in [3.8, 4) is 6.07 Å². The van der Waals surface area contributed by atoms with Crippen molar-refractivity contribution in [2.75, 3.05) is 0 Å². The Bertz CT molecular complexity index is 477. The summed E-state index contributed by atoms with van der Waals surface area (Å²) in [5.41, 5.74) is 0.0408. The summed E-state index contributed by atoms with van der Waals surface area (Å²) in [6.07, 6.45) is 23.5. The van der Waals surface area contributed by atoms with E-state index in [2.05, 4.69) is 19.9 Å². The molecule has 6 atom stereocenters. The van der Waals surface area contributed by atoms with Crippen LogP contribution in [0.25, 0.3) is 0 Å². The monoisotopic (exact) mass is 371 g/mol. The average molecular weight is 372 g/mol. The van der Waals surface area contributed by atoms with Crippen LogP contribution in [0.15, 0.2) is 0 Å². The third-order valence-electron chi connectivity index (χ3n) is 8.78. The second-order valence-electron chi connectivity index (χ2n) is 10.5. The highest BCUT2D eigenvalue weighted by molar-refractivity contribution is 5.06. The Morgan fingerprint density at radius 1 is 0.815 bits per heavy atom. The van der Waals surface area contributed by atoms with Gasteiger partial charge in [0.1, 0.15) is 0 Å². The molecule has 6 unspecified atom stereocenters. The van der Waals surface area contributed by atoms with Gasteiger partial charge < -0.3 is 0 Å². The molecular weight excluding hydrogens is 326 g/mol. The minimum Gasteiger partial charge on any atom is -0.198 e. The number of nitrogens with zero attached hydrogens (tertiary/aromatic N) is 1. The molecular formula is C26H45N. The first-order chi connectivity index (χ1) is 13.2. The molecule has 3 saturated carbocycles. The van der Waals surface area contributed by atoms with Crippen molar-refractivity contribution < 1.29 is 0 Å². The van der Waals surface area contributed by atoms with Crippen LogP contribution in [0.3, 0.4) is 0 Å². The Hall–Kier alpha value is -0.510. The number of nitriles is 1. The molecule has 3 aliphatic carbocycles. The molecule has 3 rings (SSSR count). The van der Waals surface area contributed by atoms with Crippen molar-refractivity contribution in [1.29, 1.82) is 5.26 Å². The zero-order valence-electron chi connectivity index (χ0n) is 18.4. The lowest BCUT2D eigenvalue weighted by molar-refractivity contribution is -0.0181. The van der Waals surface area contributed by atoms with E-state index < -0.39 is 0 Å². The third-order valence-corrected chi connectivity index (χ3v) is 8.78. The Morgan fingerprint density at radius 2 is 1.56 bits per heavy atom. The van der Waals surface area contributed by atoms with Crippen molar-refractivity contribution in [2.24, 2.45) is 35.0 Å². The predicted octanol–water partition coefficient (Wildman–Crippen LogP) is 8.29. The summed E-state index contributed by atoms with van der Waals surface area (Å²) in [6.45, 7) is 4.61. The van der Waals surface area contributed by atoms with Gasteiger partial charge in [0, 0.05) is 0 Å². The maximum atomic E-state index is 10.0. The fraction of sp³-hybridized carbons (Fsp3) is 0.962. The van der Waals surface area contributed by atoms with Gasteiger partial charge in [-0.25, -0.2) is 0 Å². The van der Waals surface area contributed by atoms with Crippen LogP contribution in [-0.2, 0) is 0 Å². The minimum atomic E-state index is 0.0408. The van der Waals surface area contributed by atoms with E-state index in [0.717, 1.165) is 29.6 Å². The summed E-state index contributed by atoms with van der Waals surface area (Å²) in [5, 5.41) is 10.0. The highest BCUT2D eigenvalue weighted by Crippen LogP contribution is 2.57. The van der Waals surface area contributed by atoms with E-state index in [1.54, 1.807) is 0 Å². The molecule has 0 saturated heterocycles. The van der Waals surface area contributed by atoms with Gasteiger partial charge in [-0.05, 0) is 81.0 Å². The summed E-state index contributed by atoms with van der Waals surface area (Å²) in [6, 6.07) is 2.84. The van der Waals surface area contributed by atoms with Crippen LogP contribution in [0, 0.1) is 46.3 Å². The molecule has 3 aliphatic rings. The fourth-order valence-corrected chi connectivity index (χ4v) is 7.24. The van der Waals surface area contributed by atoms with Crippen molar-refractivity contribution >= 4 is 0 Å². The van der Waals surface area contributed by atoms with Crippen LogP contribution in [0.1, 0.15) is 123 Å². The van der Waals surface area contributed by atoms with Gasteiger partial charge in [-0.3, -0.25) is 0 Å². The molecule has 154 valence electrons. The smallest absolute Gasteiger partial charge is 0.0689 e. The van der Waals surface area contributed by atoms with Gasteiger partial charge in [0.25, 0.3) is 0 Å². The van der Waals surface area contributed by atoms with Crippen molar-refractivity contribution in [3.05, 3.63) is 0 Å². The molecule has 3 fully saturated rings. The van der Waals surface area contributed by atoms with E-state index in [1.807, 2.05) is 0 Å². The summed E-state index contributed by atoms with van der Waals surface area (Å²) in [5.74, 6) is 4.93. The van der Waals surface area contributed by atoms with Crippen LogP contribution in [0.2, 0.25) is 0 Å². The summed E-state index contributed by atoms with van der Waals surface area (Å²) in [7, 11) is 0. The van der Waals surface area contributed by atoms with Crippen molar-refractivity contribution in [3.63, 3.8) is 0 Å². The molecule has 0 aromatic rings. The number of rotatable bonds is 9. The second-order valence-corrected chi connectivity index (χ2v) is 10.5. The molecule has 0 N–H and O–H groups in total. The largest absolute Gasteiger partial charge is 0.198 e. The first-order valence-corrected chi connectivity index (χ1v) is 12.6. The van der Waals surface area contributed by atoms with Crippen molar-refractivity contribution in [2.45, 2.75) is 123 Å². The normalized spacial score (nSPS) is 38.6. The van der Waals surface area contributed by atoms with Gasteiger partial charge in [-0.15, -0.1) is 0 Å². The standard InChI is InChI=1S/C26H45N/c1-3-5-7-9-16-26(20-27)17-15-25-23(19-26)13-12-22-18-21(10-8-6-4-2)11-14-24(22)25/h21-25H,3-19H2,1-2H3. The lowest BCUT2D eigenvalue weighted by Crippen LogP contribution is -2.44. The Labute approximate surface area is 169 Å². The number of unbranched alkanes of at least 4 members (excludes halogenated alkanes) is 5. The highest BCUT2D eigenvalue weighted by atomic mass is 14.5. The van der Waals surface area contributed by atoms with Gasteiger partial charge in [0.15, 0.2) is 0 Å². The maximum Gasteiger partial charge on any atom is 0.0689 e. The number of hydrogen-bond acceptors (Lipinski definition) is 1. The zero-order chi connectivity index (χ0) is 19.1. The zero-order valence-corrected chi connectivity index (χ0v) is 18.4. The Kier molecular flexibility index (Phi) is 8.10. The van der Waals surface area contributed by atoms with Crippen LogP contribution in [-0.4, -0.2) is 0 Å². The molecule has 0 aromatic carbocycles. The molecule has 0 radical (unpaired) electrons. The molecule has 0 spiro atoms. The minimum absolute atomic E-state index is 0.0408. The highest BCUT2D eigenvalue weighted by Gasteiger charge is 2.48. The topological polar surface area (TPSA) is 23.8 Å². The van der Waals surface area contributed by atoms with Crippen LogP contribution in [0.4, 0.5) is 0 Å². The maximum absolute atomic E-state index is 10.0. The van der Waals surface area contributed by atoms with E-state index in [0.29, 0.717) is 0 Å². The van der Waals surface area contributed by atoms with Gasteiger partial charge in [0.2, 0.25) is 0 Å². The second kappa shape index (κ2) is 10.3. The molecule has 1 heteroatoms. The fourth-order valence-electron chi connectivity index (χ4n) is 7.24. The van der Waals surface area contributed by atoms with Gasteiger partial charge in [-0.1, -0.05) is 71.6 Å². The summed E-state index contributed by atoms with van der Waals surface area (Å²) in [4.78, 5) is 0. The first kappa shape index (κ1) is 21.2. The predicted molar refractivity (Wildman–Crippen MR) is 115 cm³/mol. The summed E-state index contributed by atoms with van der Waals surface area (Å²) >= 11 is 0. The van der Waals surface area contributed by atoms with Crippen LogP contribution >= 0.6 is 0 Å². The summed E-state index contributed by atoms with van der Waals surface area (Å²) < 4.78 is 0. The van der Waals surface area contributed by atoms with E-state index in [-0.39, 0.29) is 5.41 Å². The Balaban J connectivity index is 1.51. The molecule has 0 heterocycles. The molecule has 0 aliphatic heterocycles. The average Bonchev–Trinajstić information content (AvgIpc) is 2.71. The van der Waals surface area contributed by atoms with E-state index in [4.69, 9.17) is 0 Å². The Morgan fingerprint density at radius 3 is 2.33 bits per heavy atom. The van der Waals surface area contributed by atoms with Gasteiger partial charge >= 0.3 is 0 Å². The molecule has 1 nitrogen and oxygen atoms in total.